The first-order valence-corrected chi connectivity index (χ1v) is 4.94. The Kier molecular flexibility index (Phi) is 4.99. The molecule has 100 valence electrons. The van der Waals surface area contributed by atoms with E-state index in [1.165, 1.54) is 24.3 Å². The van der Waals surface area contributed by atoms with Crippen LogP contribution in [0.4, 0.5) is 8.78 Å². The number of ether oxygens (including phenoxy) is 2. The molecule has 0 bridgehead atoms. The maximum atomic E-state index is 11.9. The maximum absolute atomic E-state index is 11.9. The number of methoxy groups -OCH3 is 1. The molecule has 0 fully saturated rings. The third-order valence-corrected chi connectivity index (χ3v) is 2.19. The summed E-state index contributed by atoms with van der Waals surface area (Å²) in [5, 5.41) is 19.0. The van der Waals surface area contributed by atoms with Gasteiger partial charge in [-0.05, 0) is 17.7 Å². The van der Waals surface area contributed by atoms with Crippen LogP contribution in [0.15, 0.2) is 24.3 Å². The molecule has 0 amide bonds. The number of hydrogen-bond acceptors (Lipinski definition) is 5. The van der Waals surface area contributed by atoms with Gasteiger partial charge in [-0.25, -0.2) is 4.79 Å². The minimum atomic E-state index is -2.94. The Bertz CT molecular complexity index is 393. The largest absolute Gasteiger partial charge is 0.467 e. The zero-order valence-corrected chi connectivity index (χ0v) is 9.42. The zero-order chi connectivity index (χ0) is 13.7. The number of carbonyl (C=O) groups excluding carboxylic acids is 1. The van der Waals surface area contributed by atoms with E-state index in [9.17, 15) is 23.8 Å². The number of aliphatic hydroxyl groups excluding tert-OH is 2. The van der Waals surface area contributed by atoms with Crippen molar-refractivity contribution in [1.29, 1.82) is 0 Å². The molecule has 2 N–H and O–H groups in total. The highest BCUT2D eigenvalue weighted by Gasteiger charge is 2.26. The molecule has 0 heterocycles. The topological polar surface area (TPSA) is 76.0 Å². The molecule has 2 atom stereocenters. The number of rotatable bonds is 5. The second kappa shape index (κ2) is 6.27. The fraction of sp³-hybridized carbons (Fsp3) is 0.364. The lowest BCUT2D eigenvalue weighted by Gasteiger charge is -2.16. The molecule has 1 aromatic carbocycles. The second-order valence-corrected chi connectivity index (χ2v) is 3.36. The SMILES string of the molecule is COC(=O)C(O)C(O)c1ccc(OC(F)F)cc1. The van der Waals surface area contributed by atoms with Crippen LogP contribution in [-0.4, -0.2) is 36.0 Å². The number of benzene rings is 1. The molecular weight excluding hydrogens is 250 g/mol. The Morgan fingerprint density at radius 2 is 1.78 bits per heavy atom. The monoisotopic (exact) mass is 262 g/mol. The van der Waals surface area contributed by atoms with E-state index in [-0.39, 0.29) is 11.3 Å². The van der Waals surface area contributed by atoms with Crippen LogP contribution in [-0.2, 0) is 9.53 Å². The summed E-state index contributed by atoms with van der Waals surface area (Å²) in [5.41, 5.74) is 0.175. The van der Waals surface area contributed by atoms with Crippen molar-refractivity contribution in [3.63, 3.8) is 0 Å². The van der Waals surface area contributed by atoms with Crippen LogP contribution in [0.25, 0.3) is 0 Å². The van der Waals surface area contributed by atoms with Gasteiger partial charge in [0.25, 0.3) is 0 Å². The summed E-state index contributed by atoms with van der Waals surface area (Å²) in [6.45, 7) is -2.94. The van der Waals surface area contributed by atoms with Crippen LogP contribution in [0.3, 0.4) is 0 Å². The van der Waals surface area contributed by atoms with E-state index in [4.69, 9.17) is 0 Å². The normalized spacial score (nSPS) is 14.1. The van der Waals surface area contributed by atoms with Gasteiger partial charge in [0.05, 0.1) is 7.11 Å². The van der Waals surface area contributed by atoms with Crippen molar-refractivity contribution in [2.24, 2.45) is 0 Å². The summed E-state index contributed by atoms with van der Waals surface area (Å²) in [7, 11) is 1.07. The van der Waals surface area contributed by atoms with Crippen molar-refractivity contribution in [3.8, 4) is 5.75 Å². The van der Waals surface area contributed by atoms with Gasteiger partial charge in [0.1, 0.15) is 11.9 Å². The molecule has 0 aliphatic carbocycles. The van der Waals surface area contributed by atoms with Crippen molar-refractivity contribution in [2.45, 2.75) is 18.8 Å². The van der Waals surface area contributed by atoms with E-state index in [0.717, 1.165) is 7.11 Å². The Hall–Kier alpha value is -1.73. The predicted molar refractivity (Wildman–Crippen MR) is 56.1 cm³/mol. The van der Waals surface area contributed by atoms with Gasteiger partial charge in [-0.1, -0.05) is 12.1 Å². The number of hydrogen-bond donors (Lipinski definition) is 2. The first-order chi connectivity index (χ1) is 8.45. The lowest BCUT2D eigenvalue weighted by Crippen LogP contribution is -2.28. The van der Waals surface area contributed by atoms with Gasteiger partial charge in [0.2, 0.25) is 0 Å². The van der Waals surface area contributed by atoms with Gasteiger partial charge in [0, 0.05) is 0 Å². The molecular formula is C11H12F2O5. The lowest BCUT2D eigenvalue weighted by atomic mass is 10.0. The average molecular weight is 262 g/mol. The number of esters is 1. The zero-order valence-electron chi connectivity index (χ0n) is 9.42. The Balaban J connectivity index is 2.75. The van der Waals surface area contributed by atoms with E-state index in [2.05, 4.69) is 9.47 Å². The number of carbonyl (C=O) groups is 1. The van der Waals surface area contributed by atoms with Crippen LogP contribution in [0.2, 0.25) is 0 Å². The van der Waals surface area contributed by atoms with Crippen molar-refractivity contribution >= 4 is 5.97 Å². The highest BCUT2D eigenvalue weighted by Crippen LogP contribution is 2.21. The molecule has 2 unspecified atom stereocenters. The van der Waals surface area contributed by atoms with Gasteiger partial charge >= 0.3 is 12.6 Å². The fourth-order valence-corrected chi connectivity index (χ4v) is 1.28. The molecule has 0 spiro atoms. The van der Waals surface area contributed by atoms with Gasteiger partial charge < -0.3 is 19.7 Å². The van der Waals surface area contributed by atoms with Gasteiger partial charge in [-0.3, -0.25) is 0 Å². The average Bonchev–Trinajstić information content (AvgIpc) is 2.36. The summed E-state index contributed by atoms with van der Waals surface area (Å²) in [4.78, 5) is 11.0. The third kappa shape index (κ3) is 3.64. The van der Waals surface area contributed by atoms with Gasteiger partial charge in [-0.15, -0.1) is 0 Å². The molecule has 0 saturated heterocycles. The van der Waals surface area contributed by atoms with Crippen LogP contribution in [0.5, 0.6) is 5.75 Å². The van der Waals surface area contributed by atoms with Crippen LogP contribution < -0.4 is 4.74 Å². The molecule has 1 aromatic rings. The molecule has 5 nitrogen and oxygen atoms in total. The van der Waals surface area contributed by atoms with E-state index in [1.807, 2.05) is 0 Å². The fourth-order valence-electron chi connectivity index (χ4n) is 1.28. The standard InChI is InChI=1S/C11H12F2O5/c1-17-10(16)9(15)8(14)6-2-4-7(5-3-6)18-11(12)13/h2-5,8-9,11,14-15H,1H3. The van der Waals surface area contributed by atoms with E-state index in [1.54, 1.807) is 0 Å². The Labute approximate surface area is 102 Å². The minimum Gasteiger partial charge on any atom is -0.467 e. The van der Waals surface area contributed by atoms with Crippen molar-refractivity contribution in [2.75, 3.05) is 7.11 Å². The first-order valence-electron chi connectivity index (χ1n) is 4.94. The van der Waals surface area contributed by atoms with Gasteiger partial charge in [0.15, 0.2) is 6.10 Å². The van der Waals surface area contributed by atoms with Gasteiger partial charge in [-0.2, -0.15) is 8.78 Å². The van der Waals surface area contributed by atoms with Crippen LogP contribution >= 0.6 is 0 Å². The Morgan fingerprint density at radius 3 is 2.22 bits per heavy atom. The Morgan fingerprint density at radius 1 is 1.22 bits per heavy atom. The van der Waals surface area contributed by atoms with Crippen molar-refractivity contribution in [1.82, 2.24) is 0 Å². The summed E-state index contributed by atoms with van der Waals surface area (Å²) >= 11 is 0. The van der Waals surface area contributed by atoms with Crippen LogP contribution in [0.1, 0.15) is 11.7 Å². The molecule has 7 heteroatoms. The molecule has 0 aliphatic heterocycles. The molecule has 1 rings (SSSR count). The third-order valence-electron chi connectivity index (χ3n) is 2.19. The highest BCUT2D eigenvalue weighted by molar-refractivity contribution is 5.75. The minimum absolute atomic E-state index is 0.0893. The second-order valence-electron chi connectivity index (χ2n) is 3.36. The van der Waals surface area contributed by atoms with Crippen LogP contribution in [0, 0.1) is 0 Å². The predicted octanol–water partition coefficient (Wildman–Crippen LogP) is 0.855. The number of halogens is 2. The molecule has 18 heavy (non-hydrogen) atoms. The van der Waals surface area contributed by atoms with Crippen molar-refractivity contribution < 1.29 is 33.3 Å². The molecule has 0 aliphatic rings. The summed E-state index contributed by atoms with van der Waals surface area (Å²) in [6, 6.07) is 4.90. The van der Waals surface area contributed by atoms with Crippen molar-refractivity contribution in [3.05, 3.63) is 29.8 Å². The summed E-state index contributed by atoms with van der Waals surface area (Å²) in [5.74, 6) is -1.08. The molecule has 0 aromatic heterocycles. The summed E-state index contributed by atoms with van der Waals surface area (Å²) < 4.78 is 32.1. The first kappa shape index (κ1) is 14.3. The summed E-state index contributed by atoms with van der Waals surface area (Å²) in [6.07, 6.45) is -3.24. The lowest BCUT2D eigenvalue weighted by molar-refractivity contribution is -0.156. The quantitative estimate of drug-likeness (QED) is 0.769. The number of aliphatic hydroxyl groups is 2. The molecule has 0 saturated carbocycles. The maximum Gasteiger partial charge on any atom is 0.387 e. The number of alkyl halides is 2. The van der Waals surface area contributed by atoms with E-state index < -0.39 is 24.8 Å². The smallest absolute Gasteiger partial charge is 0.387 e. The van der Waals surface area contributed by atoms with E-state index in [0.29, 0.717) is 0 Å². The molecule has 0 radical (unpaired) electrons. The highest BCUT2D eigenvalue weighted by atomic mass is 19.3. The van der Waals surface area contributed by atoms with E-state index >= 15 is 0 Å².